The Balaban J connectivity index is 1.66. The van der Waals surface area contributed by atoms with E-state index in [9.17, 15) is 18.7 Å². The first kappa shape index (κ1) is 15.2. The van der Waals surface area contributed by atoms with E-state index in [0.717, 1.165) is 5.56 Å². The van der Waals surface area contributed by atoms with E-state index in [1.54, 1.807) is 12.1 Å². The number of nitrogens with zero attached hydrogens (tertiary/aromatic N) is 1. The number of benzene rings is 1. The van der Waals surface area contributed by atoms with Crippen LogP contribution in [0.25, 0.3) is 0 Å². The summed E-state index contributed by atoms with van der Waals surface area (Å²) in [7, 11) is 0. The molecule has 0 aliphatic carbocycles. The summed E-state index contributed by atoms with van der Waals surface area (Å²) in [6.07, 6.45) is -5.10. The van der Waals surface area contributed by atoms with Gasteiger partial charge in [0.05, 0.1) is 24.7 Å². The second-order valence-electron chi connectivity index (χ2n) is 5.55. The maximum absolute atomic E-state index is 13.1. The lowest BCUT2D eigenvalue weighted by molar-refractivity contribution is -0.00822. The van der Waals surface area contributed by atoms with Gasteiger partial charge in [-0.3, -0.25) is 4.90 Å². The summed E-state index contributed by atoms with van der Waals surface area (Å²) in [6.45, 7) is -0.150. The summed E-state index contributed by atoms with van der Waals surface area (Å²) < 4.78 is 36.5. The third-order valence-corrected chi connectivity index (χ3v) is 4.14. The minimum absolute atomic E-state index is 0.0407. The number of ether oxygens (including phenoxy) is 2. The lowest BCUT2D eigenvalue weighted by Gasteiger charge is -2.24. The molecule has 5 nitrogen and oxygen atoms in total. The van der Waals surface area contributed by atoms with Crippen LogP contribution < -0.4 is 0 Å². The molecule has 3 rings (SSSR count). The second kappa shape index (κ2) is 6.18. The normalized spacial score (nSPS) is 30.6. The van der Waals surface area contributed by atoms with Crippen LogP contribution in [0.3, 0.4) is 0 Å². The van der Waals surface area contributed by atoms with Gasteiger partial charge >= 0.3 is 6.09 Å². The van der Waals surface area contributed by atoms with Crippen molar-refractivity contribution < 1.29 is 28.2 Å². The highest BCUT2D eigenvalue weighted by Gasteiger charge is 2.55. The number of carbonyl (C=O) groups is 1. The zero-order valence-corrected chi connectivity index (χ0v) is 11.8. The molecule has 0 unspecified atom stereocenters. The summed E-state index contributed by atoms with van der Waals surface area (Å²) in [5, 5.41) is 9.88. The molecule has 120 valence electrons. The van der Waals surface area contributed by atoms with Crippen molar-refractivity contribution in [2.45, 2.75) is 31.3 Å². The zero-order valence-electron chi connectivity index (χ0n) is 11.8. The Bertz CT molecular complexity index is 528. The highest BCUT2D eigenvalue weighted by molar-refractivity contribution is 5.69. The molecule has 0 saturated carbocycles. The number of halogens is 2. The number of amides is 1. The zero-order chi connectivity index (χ0) is 15.7. The molecule has 1 N–H and O–H groups in total. The topological polar surface area (TPSA) is 59.0 Å². The summed E-state index contributed by atoms with van der Waals surface area (Å²) >= 11 is 0. The molecule has 0 bridgehead atoms. The van der Waals surface area contributed by atoms with Gasteiger partial charge < -0.3 is 14.6 Å². The number of alkyl halides is 2. The van der Waals surface area contributed by atoms with Gasteiger partial charge in [-0.2, -0.15) is 0 Å². The Morgan fingerprint density at radius 1 is 1.41 bits per heavy atom. The molecule has 22 heavy (non-hydrogen) atoms. The highest BCUT2D eigenvalue weighted by Crippen LogP contribution is 2.37. The van der Waals surface area contributed by atoms with E-state index in [0.29, 0.717) is 0 Å². The maximum Gasteiger partial charge on any atom is 0.410 e. The van der Waals surface area contributed by atoms with Crippen molar-refractivity contribution in [2.24, 2.45) is 5.92 Å². The third kappa shape index (κ3) is 2.78. The maximum atomic E-state index is 13.1. The van der Waals surface area contributed by atoms with Crippen molar-refractivity contribution in [2.75, 3.05) is 13.2 Å². The number of aliphatic hydroxyl groups is 1. The highest BCUT2D eigenvalue weighted by atomic mass is 19.3. The Kier molecular flexibility index (Phi) is 4.26. The summed E-state index contributed by atoms with van der Waals surface area (Å²) in [4.78, 5) is 13.3. The van der Waals surface area contributed by atoms with Crippen molar-refractivity contribution in [3.8, 4) is 0 Å². The van der Waals surface area contributed by atoms with Crippen LogP contribution in [0.4, 0.5) is 13.6 Å². The fourth-order valence-corrected chi connectivity index (χ4v) is 3.06. The molecular weight excluding hydrogens is 296 g/mol. The molecule has 0 radical (unpaired) electrons. The van der Waals surface area contributed by atoms with Crippen LogP contribution in [0.1, 0.15) is 5.56 Å². The minimum Gasteiger partial charge on any atom is -0.445 e. The fraction of sp³-hybridized carbons (Fsp3) is 0.533. The molecule has 2 saturated heterocycles. The van der Waals surface area contributed by atoms with Crippen LogP contribution in [-0.2, 0) is 16.1 Å². The number of likely N-dealkylation sites (tertiary alicyclic amines) is 1. The molecule has 1 aromatic carbocycles. The summed E-state index contributed by atoms with van der Waals surface area (Å²) in [5.41, 5.74) is 0.806. The lowest BCUT2D eigenvalue weighted by Crippen LogP contribution is -2.44. The van der Waals surface area contributed by atoms with E-state index in [2.05, 4.69) is 0 Å². The Hall–Kier alpha value is -1.73. The van der Waals surface area contributed by atoms with Crippen LogP contribution in [0.2, 0.25) is 0 Å². The molecule has 7 heteroatoms. The number of fused-ring (bicyclic) bond motifs is 1. The number of carbonyl (C=O) groups excluding carboxylic acids is 1. The van der Waals surface area contributed by atoms with Gasteiger partial charge in [-0.25, -0.2) is 13.6 Å². The molecule has 1 amide bonds. The van der Waals surface area contributed by atoms with E-state index < -0.39 is 36.7 Å². The molecule has 2 heterocycles. The predicted octanol–water partition coefficient (Wildman–Crippen LogP) is 1.65. The van der Waals surface area contributed by atoms with Gasteiger partial charge in [-0.05, 0) is 5.56 Å². The van der Waals surface area contributed by atoms with E-state index in [4.69, 9.17) is 9.47 Å². The summed E-state index contributed by atoms with van der Waals surface area (Å²) in [6, 6.07) is 8.32. The van der Waals surface area contributed by atoms with Gasteiger partial charge in [0.15, 0.2) is 0 Å². The van der Waals surface area contributed by atoms with Gasteiger partial charge in [0.2, 0.25) is 6.43 Å². The van der Waals surface area contributed by atoms with E-state index >= 15 is 0 Å². The van der Waals surface area contributed by atoms with Crippen LogP contribution in [0, 0.1) is 5.92 Å². The van der Waals surface area contributed by atoms with Crippen LogP contribution in [0.5, 0.6) is 0 Å². The summed E-state index contributed by atoms with van der Waals surface area (Å²) in [5.74, 6) is -1.09. The number of hydrogen-bond donors (Lipinski definition) is 1. The minimum atomic E-state index is -2.61. The fourth-order valence-electron chi connectivity index (χ4n) is 3.06. The Labute approximate surface area is 126 Å². The number of aliphatic hydroxyl groups excluding tert-OH is 1. The molecule has 2 fully saturated rings. The first-order valence-electron chi connectivity index (χ1n) is 7.13. The third-order valence-electron chi connectivity index (χ3n) is 4.14. The average Bonchev–Trinajstić information content (AvgIpc) is 3.07. The first-order chi connectivity index (χ1) is 10.6. The second-order valence-corrected chi connectivity index (χ2v) is 5.55. The lowest BCUT2D eigenvalue weighted by atomic mass is 10.0. The molecule has 4 atom stereocenters. The first-order valence-corrected chi connectivity index (χ1v) is 7.13. The average molecular weight is 313 g/mol. The van der Waals surface area contributed by atoms with Gasteiger partial charge in [-0.1, -0.05) is 30.3 Å². The van der Waals surface area contributed by atoms with Crippen molar-refractivity contribution in [3.63, 3.8) is 0 Å². The van der Waals surface area contributed by atoms with Crippen LogP contribution >= 0.6 is 0 Å². The van der Waals surface area contributed by atoms with Gasteiger partial charge in [0.25, 0.3) is 0 Å². The standard InChI is InChI=1S/C15H17F2NO4/c16-14(17)10-6-18(12-11(19)8-21-13(10)12)15(20)22-7-9-4-2-1-3-5-9/h1-5,10-14,19H,6-8H2/t10-,11-,12+,13+/m0/s1. The molecule has 1 aromatic rings. The Morgan fingerprint density at radius 3 is 2.82 bits per heavy atom. The van der Waals surface area contributed by atoms with Crippen molar-refractivity contribution in [3.05, 3.63) is 35.9 Å². The van der Waals surface area contributed by atoms with Gasteiger partial charge in [0.1, 0.15) is 12.7 Å². The molecular formula is C15H17F2NO4. The van der Waals surface area contributed by atoms with Crippen molar-refractivity contribution in [1.29, 1.82) is 0 Å². The van der Waals surface area contributed by atoms with Gasteiger partial charge in [0, 0.05) is 6.54 Å². The predicted molar refractivity (Wildman–Crippen MR) is 72.4 cm³/mol. The molecule has 2 aliphatic heterocycles. The van der Waals surface area contributed by atoms with Crippen molar-refractivity contribution >= 4 is 6.09 Å². The van der Waals surface area contributed by atoms with Crippen molar-refractivity contribution in [1.82, 2.24) is 4.90 Å². The van der Waals surface area contributed by atoms with E-state index in [1.165, 1.54) is 4.90 Å². The monoisotopic (exact) mass is 313 g/mol. The largest absolute Gasteiger partial charge is 0.445 e. The SMILES string of the molecule is O=C(OCc1ccccc1)N1C[C@H](C(F)F)[C@H]2OC[C@H](O)[C@H]21. The number of rotatable bonds is 3. The molecule has 2 aliphatic rings. The molecule has 0 spiro atoms. The molecule has 0 aromatic heterocycles. The smallest absolute Gasteiger partial charge is 0.410 e. The van der Waals surface area contributed by atoms with E-state index in [-0.39, 0.29) is 19.8 Å². The Morgan fingerprint density at radius 2 is 2.14 bits per heavy atom. The van der Waals surface area contributed by atoms with Gasteiger partial charge in [-0.15, -0.1) is 0 Å². The number of hydrogen-bond acceptors (Lipinski definition) is 4. The van der Waals surface area contributed by atoms with E-state index in [1.807, 2.05) is 18.2 Å². The van der Waals surface area contributed by atoms with Crippen LogP contribution in [-0.4, -0.2) is 53.9 Å². The van der Waals surface area contributed by atoms with Crippen LogP contribution in [0.15, 0.2) is 30.3 Å². The quantitative estimate of drug-likeness (QED) is 0.922.